The number of ether oxygens (including phenoxy) is 1. The van der Waals surface area contributed by atoms with Crippen LogP contribution in [0.1, 0.15) is 49.6 Å². The van der Waals surface area contributed by atoms with Gasteiger partial charge >= 0.3 is 0 Å². The maximum Gasteiger partial charge on any atom is 0.243 e. The largest absolute Gasteiger partial charge is 0.446 e. The van der Waals surface area contributed by atoms with Crippen molar-refractivity contribution in [2.24, 2.45) is 5.10 Å². The molecule has 0 N–H and O–H groups in total. The average molecular weight is 309 g/mol. The molecule has 0 aliphatic carbocycles. The number of amides is 1. The minimum absolute atomic E-state index is 0.160. The molecule has 1 aliphatic rings. The van der Waals surface area contributed by atoms with E-state index in [4.69, 9.17) is 4.74 Å². The molecule has 2 heterocycles. The van der Waals surface area contributed by atoms with Crippen LogP contribution in [0, 0.1) is 0 Å². The number of hydrogen-bond acceptors (Lipinski definition) is 4. The summed E-state index contributed by atoms with van der Waals surface area (Å²) in [5, 5.41) is 5.70. The molecule has 1 aromatic heterocycles. The third-order valence-corrected chi connectivity index (χ3v) is 3.78. The number of carbonyl (C=O) groups excluding carboxylic acids is 1. The Labute approximate surface area is 135 Å². The summed E-state index contributed by atoms with van der Waals surface area (Å²) in [5.41, 5.74) is 2.95. The second-order valence-corrected chi connectivity index (χ2v) is 5.80. The van der Waals surface area contributed by atoms with Crippen LogP contribution in [0.15, 0.2) is 53.9 Å². The van der Waals surface area contributed by atoms with Gasteiger partial charge in [-0.25, -0.2) is 0 Å². The van der Waals surface area contributed by atoms with Crippen molar-refractivity contribution in [1.29, 1.82) is 0 Å². The monoisotopic (exact) mass is 309 g/mol. The van der Waals surface area contributed by atoms with Gasteiger partial charge in [0.05, 0.1) is 0 Å². The van der Waals surface area contributed by atoms with Gasteiger partial charge in [-0.3, -0.25) is 9.78 Å². The number of carbonyl (C=O) groups is 1. The van der Waals surface area contributed by atoms with Gasteiger partial charge in [0.2, 0.25) is 18.0 Å². The first-order valence-corrected chi connectivity index (χ1v) is 7.61. The number of hydrogen-bond donors (Lipinski definition) is 0. The van der Waals surface area contributed by atoms with E-state index in [0.717, 1.165) is 11.1 Å². The molecule has 1 atom stereocenters. The molecule has 118 valence electrons. The molecule has 1 aromatic carbocycles. The number of benzene rings is 1. The van der Waals surface area contributed by atoms with E-state index < -0.39 is 6.23 Å². The van der Waals surface area contributed by atoms with E-state index in [0.29, 0.717) is 11.8 Å². The molecule has 3 rings (SSSR count). The Morgan fingerprint density at radius 3 is 2.35 bits per heavy atom. The number of pyridine rings is 1. The van der Waals surface area contributed by atoms with Crippen LogP contribution in [-0.2, 0) is 9.53 Å². The van der Waals surface area contributed by atoms with Crippen LogP contribution in [0.3, 0.4) is 0 Å². The predicted octanol–water partition coefficient (Wildman–Crippen LogP) is 3.44. The molecule has 0 saturated heterocycles. The zero-order chi connectivity index (χ0) is 16.4. The van der Waals surface area contributed by atoms with E-state index >= 15 is 0 Å². The average Bonchev–Trinajstić information content (AvgIpc) is 3.01. The lowest BCUT2D eigenvalue weighted by atomic mass is 10.0. The van der Waals surface area contributed by atoms with E-state index in [9.17, 15) is 4.79 Å². The fourth-order valence-corrected chi connectivity index (χ4v) is 2.44. The van der Waals surface area contributed by atoms with Crippen molar-refractivity contribution < 1.29 is 9.53 Å². The van der Waals surface area contributed by atoms with Gasteiger partial charge in [0.15, 0.2) is 0 Å². The summed E-state index contributed by atoms with van der Waals surface area (Å²) in [6, 6.07) is 11.7. The van der Waals surface area contributed by atoms with Crippen LogP contribution in [0.5, 0.6) is 0 Å². The Morgan fingerprint density at radius 1 is 1.13 bits per heavy atom. The van der Waals surface area contributed by atoms with Crippen molar-refractivity contribution in [3.8, 4) is 0 Å². The van der Waals surface area contributed by atoms with Crippen LogP contribution in [0.4, 0.5) is 0 Å². The summed E-state index contributed by atoms with van der Waals surface area (Å²) in [6.07, 6.45) is 2.81. The zero-order valence-electron chi connectivity index (χ0n) is 13.4. The van der Waals surface area contributed by atoms with Crippen LogP contribution in [-0.4, -0.2) is 21.8 Å². The molecule has 1 unspecified atom stereocenters. The molecule has 0 saturated carbocycles. The van der Waals surface area contributed by atoms with Crippen LogP contribution in [0.25, 0.3) is 0 Å². The molecular formula is C18H19N3O2. The number of hydrazone groups is 1. The maximum absolute atomic E-state index is 11.9. The first kappa shape index (κ1) is 15.2. The van der Waals surface area contributed by atoms with Crippen molar-refractivity contribution >= 4 is 11.8 Å². The standard InChI is InChI=1S/C18H19N3O2/c1-12(2)14-4-6-16(7-5-14)18-21(13(3)22)20-17(23-18)15-8-10-19-11-9-15/h4-12,18H,1-3H3. The first-order chi connectivity index (χ1) is 11.1. The lowest BCUT2D eigenvalue weighted by Crippen LogP contribution is -2.25. The van der Waals surface area contributed by atoms with E-state index in [1.54, 1.807) is 24.5 Å². The highest BCUT2D eigenvalue weighted by Crippen LogP contribution is 2.30. The van der Waals surface area contributed by atoms with Gasteiger partial charge in [-0.05, 0) is 23.6 Å². The number of aromatic nitrogens is 1. The van der Waals surface area contributed by atoms with Crippen molar-refractivity contribution in [2.75, 3.05) is 0 Å². The summed E-state index contributed by atoms with van der Waals surface area (Å²) in [6.45, 7) is 5.78. The summed E-state index contributed by atoms with van der Waals surface area (Å²) in [7, 11) is 0. The zero-order valence-corrected chi connectivity index (χ0v) is 13.4. The SMILES string of the molecule is CC(=O)N1N=C(c2ccncc2)OC1c1ccc(C(C)C)cc1. The predicted molar refractivity (Wildman–Crippen MR) is 87.7 cm³/mol. The van der Waals surface area contributed by atoms with E-state index in [1.165, 1.54) is 17.5 Å². The normalized spacial score (nSPS) is 17.1. The van der Waals surface area contributed by atoms with Crippen LogP contribution in [0.2, 0.25) is 0 Å². The lowest BCUT2D eigenvalue weighted by Gasteiger charge is -2.19. The molecule has 0 spiro atoms. The third-order valence-electron chi connectivity index (χ3n) is 3.78. The molecule has 1 amide bonds. The quantitative estimate of drug-likeness (QED) is 0.872. The number of nitrogens with zero attached hydrogens (tertiary/aromatic N) is 3. The van der Waals surface area contributed by atoms with Gasteiger partial charge in [0, 0.05) is 30.4 Å². The molecule has 0 bridgehead atoms. The molecule has 5 nitrogen and oxygen atoms in total. The minimum Gasteiger partial charge on any atom is -0.446 e. The van der Waals surface area contributed by atoms with Gasteiger partial charge in [-0.1, -0.05) is 38.1 Å². The maximum atomic E-state index is 11.9. The smallest absolute Gasteiger partial charge is 0.243 e. The second-order valence-electron chi connectivity index (χ2n) is 5.80. The van der Waals surface area contributed by atoms with E-state index in [2.05, 4.69) is 36.1 Å². The summed E-state index contributed by atoms with van der Waals surface area (Å²) < 4.78 is 5.94. The van der Waals surface area contributed by atoms with Gasteiger partial charge in [0.1, 0.15) is 0 Å². The highest BCUT2D eigenvalue weighted by atomic mass is 16.5. The lowest BCUT2D eigenvalue weighted by molar-refractivity contribution is -0.135. The Balaban J connectivity index is 1.89. The highest BCUT2D eigenvalue weighted by molar-refractivity contribution is 5.96. The van der Waals surface area contributed by atoms with E-state index in [1.807, 2.05) is 12.1 Å². The fourth-order valence-electron chi connectivity index (χ4n) is 2.44. The summed E-state index contributed by atoms with van der Waals surface area (Å²) in [4.78, 5) is 15.9. The third kappa shape index (κ3) is 3.08. The highest BCUT2D eigenvalue weighted by Gasteiger charge is 2.32. The Bertz CT molecular complexity index is 724. The molecule has 5 heteroatoms. The topological polar surface area (TPSA) is 54.8 Å². The van der Waals surface area contributed by atoms with Crippen molar-refractivity contribution in [3.05, 3.63) is 65.5 Å². The van der Waals surface area contributed by atoms with Gasteiger partial charge in [0.25, 0.3) is 0 Å². The van der Waals surface area contributed by atoms with Crippen molar-refractivity contribution in [3.63, 3.8) is 0 Å². The fraction of sp³-hybridized carbons (Fsp3) is 0.278. The first-order valence-electron chi connectivity index (χ1n) is 7.61. The number of rotatable bonds is 3. The van der Waals surface area contributed by atoms with Gasteiger partial charge in [-0.2, -0.15) is 5.01 Å². The van der Waals surface area contributed by atoms with Crippen LogP contribution >= 0.6 is 0 Å². The van der Waals surface area contributed by atoms with Crippen LogP contribution < -0.4 is 0 Å². The summed E-state index contributed by atoms with van der Waals surface area (Å²) >= 11 is 0. The molecular weight excluding hydrogens is 290 g/mol. The van der Waals surface area contributed by atoms with Crippen molar-refractivity contribution in [1.82, 2.24) is 9.99 Å². The molecule has 23 heavy (non-hydrogen) atoms. The second kappa shape index (κ2) is 6.20. The molecule has 1 aliphatic heterocycles. The van der Waals surface area contributed by atoms with Gasteiger partial charge < -0.3 is 4.74 Å². The van der Waals surface area contributed by atoms with E-state index in [-0.39, 0.29) is 5.91 Å². The van der Waals surface area contributed by atoms with Gasteiger partial charge in [-0.15, -0.1) is 5.10 Å². The van der Waals surface area contributed by atoms with Crippen molar-refractivity contribution in [2.45, 2.75) is 32.9 Å². The molecule has 2 aromatic rings. The molecule has 0 fully saturated rings. The Kier molecular flexibility index (Phi) is 4.10. The molecule has 0 radical (unpaired) electrons. The summed E-state index contributed by atoms with van der Waals surface area (Å²) in [5.74, 6) is 0.730. The Morgan fingerprint density at radius 2 is 1.78 bits per heavy atom. The minimum atomic E-state index is -0.531. The Hall–Kier alpha value is -2.69.